The van der Waals surface area contributed by atoms with Crippen LogP contribution in [-0.4, -0.2) is 13.1 Å². The Morgan fingerprint density at radius 1 is 1.10 bits per heavy atom. The predicted octanol–water partition coefficient (Wildman–Crippen LogP) is 4.43. The number of carbonyl (C=O) groups excluding carboxylic acids is 1. The molecular weight excluding hydrogens is 262 g/mol. The highest BCUT2D eigenvalue weighted by atomic mass is 16.5. The van der Waals surface area contributed by atoms with Gasteiger partial charge in [-0.1, -0.05) is 43.7 Å². The van der Waals surface area contributed by atoms with Gasteiger partial charge in [0.2, 0.25) is 0 Å². The van der Waals surface area contributed by atoms with Crippen molar-refractivity contribution in [2.24, 2.45) is 0 Å². The zero-order chi connectivity index (χ0) is 15.1. The number of nitrogens with one attached hydrogen (secondary N) is 1. The highest BCUT2D eigenvalue weighted by Gasteiger charge is 2.10. The van der Waals surface area contributed by atoms with Gasteiger partial charge in [0.1, 0.15) is 0 Å². The molecule has 2 aromatic rings. The summed E-state index contributed by atoms with van der Waals surface area (Å²) in [4.78, 5) is 11.4. The first-order valence-electron chi connectivity index (χ1n) is 7.24. The molecule has 1 atom stereocenters. The van der Waals surface area contributed by atoms with E-state index in [0.717, 1.165) is 18.5 Å². The number of ether oxygens (including phenoxy) is 1. The van der Waals surface area contributed by atoms with Crippen LogP contribution in [0.2, 0.25) is 0 Å². The summed E-state index contributed by atoms with van der Waals surface area (Å²) < 4.78 is 4.71. The monoisotopic (exact) mass is 283 g/mol. The van der Waals surface area contributed by atoms with Crippen LogP contribution in [0.4, 0.5) is 5.69 Å². The number of hydrogen-bond donors (Lipinski definition) is 1. The van der Waals surface area contributed by atoms with Crippen molar-refractivity contribution >= 4 is 11.7 Å². The molecule has 21 heavy (non-hydrogen) atoms. The molecule has 110 valence electrons. The summed E-state index contributed by atoms with van der Waals surface area (Å²) in [5.74, 6) is -0.310. The molecule has 0 heterocycles. The van der Waals surface area contributed by atoms with Gasteiger partial charge < -0.3 is 10.1 Å². The highest BCUT2D eigenvalue weighted by molar-refractivity contribution is 5.89. The second-order valence-electron chi connectivity index (χ2n) is 4.97. The first-order valence-corrected chi connectivity index (χ1v) is 7.24. The van der Waals surface area contributed by atoms with E-state index in [2.05, 4.69) is 36.5 Å². The van der Waals surface area contributed by atoms with Gasteiger partial charge in [-0.15, -0.1) is 0 Å². The molecule has 3 nitrogen and oxygen atoms in total. The van der Waals surface area contributed by atoms with Gasteiger partial charge in [-0.25, -0.2) is 4.79 Å². The van der Waals surface area contributed by atoms with Crippen LogP contribution in [0, 0.1) is 0 Å². The maximum Gasteiger partial charge on any atom is 0.337 e. The van der Waals surface area contributed by atoms with Gasteiger partial charge in [0, 0.05) is 5.69 Å². The Kier molecular flexibility index (Phi) is 5.38. The molecule has 3 heteroatoms. The molecule has 0 aromatic heterocycles. The second kappa shape index (κ2) is 7.48. The van der Waals surface area contributed by atoms with E-state index in [1.807, 2.05) is 18.2 Å². The van der Waals surface area contributed by atoms with E-state index in [1.54, 1.807) is 12.1 Å². The van der Waals surface area contributed by atoms with Crippen LogP contribution in [0.1, 0.15) is 41.7 Å². The fraction of sp³-hybridized carbons (Fsp3) is 0.278. The Morgan fingerprint density at radius 2 is 1.76 bits per heavy atom. The number of anilines is 1. The largest absolute Gasteiger partial charge is 0.465 e. The molecule has 0 amide bonds. The molecule has 0 saturated heterocycles. The molecule has 0 radical (unpaired) electrons. The molecule has 0 aliphatic heterocycles. The maximum absolute atomic E-state index is 11.4. The van der Waals surface area contributed by atoms with Crippen LogP contribution >= 0.6 is 0 Å². The van der Waals surface area contributed by atoms with Crippen molar-refractivity contribution < 1.29 is 9.53 Å². The third-order valence-corrected chi connectivity index (χ3v) is 3.43. The van der Waals surface area contributed by atoms with E-state index in [4.69, 9.17) is 4.74 Å². The first kappa shape index (κ1) is 15.1. The average molecular weight is 283 g/mol. The zero-order valence-electron chi connectivity index (χ0n) is 12.5. The van der Waals surface area contributed by atoms with Crippen molar-refractivity contribution in [2.75, 3.05) is 12.4 Å². The number of hydrogen-bond acceptors (Lipinski definition) is 3. The lowest BCUT2D eigenvalue weighted by Gasteiger charge is -2.20. The van der Waals surface area contributed by atoms with Crippen molar-refractivity contribution in [3.63, 3.8) is 0 Å². The minimum absolute atomic E-state index is 0.278. The minimum atomic E-state index is -0.310. The van der Waals surface area contributed by atoms with Crippen molar-refractivity contribution in [3.8, 4) is 0 Å². The van der Waals surface area contributed by atoms with Gasteiger partial charge >= 0.3 is 5.97 Å². The highest BCUT2D eigenvalue weighted by Crippen LogP contribution is 2.24. The van der Waals surface area contributed by atoms with E-state index >= 15 is 0 Å². The van der Waals surface area contributed by atoms with E-state index in [-0.39, 0.29) is 12.0 Å². The third-order valence-electron chi connectivity index (χ3n) is 3.43. The summed E-state index contributed by atoms with van der Waals surface area (Å²) in [6.45, 7) is 2.18. The Hall–Kier alpha value is -2.29. The van der Waals surface area contributed by atoms with Crippen LogP contribution in [-0.2, 0) is 4.74 Å². The molecule has 2 aromatic carbocycles. The fourth-order valence-electron chi connectivity index (χ4n) is 2.32. The summed E-state index contributed by atoms with van der Waals surface area (Å²) in [5, 5.41) is 3.53. The number of rotatable bonds is 6. The van der Waals surface area contributed by atoms with Crippen molar-refractivity contribution in [2.45, 2.75) is 25.8 Å². The molecule has 0 bridgehead atoms. The maximum atomic E-state index is 11.4. The molecular formula is C18H21NO2. The Labute approximate surface area is 126 Å². The average Bonchev–Trinajstić information content (AvgIpc) is 2.55. The molecule has 2 rings (SSSR count). The van der Waals surface area contributed by atoms with E-state index in [1.165, 1.54) is 12.7 Å². The number of esters is 1. The van der Waals surface area contributed by atoms with E-state index in [9.17, 15) is 4.79 Å². The zero-order valence-corrected chi connectivity index (χ0v) is 12.5. The topological polar surface area (TPSA) is 38.3 Å². The summed E-state index contributed by atoms with van der Waals surface area (Å²) in [6.07, 6.45) is 2.16. The smallest absolute Gasteiger partial charge is 0.337 e. The van der Waals surface area contributed by atoms with Crippen molar-refractivity contribution in [1.82, 2.24) is 0 Å². The summed E-state index contributed by atoms with van der Waals surface area (Å²) in [5.41, 5.74) is 2.84. The number of carbonyl (C=O) groups is 1. The van der Waals surface area contributed by atoms with Crippen LogP contribution in [0.3, 0.4) is 0 Å². The summed E-state index contributed by atoms with van der Waals surface area (Å²) in [7, 11) is 1.39. The number of benzene rings is 2. The Balaban J connectivity index is 2.12. The van der Waals surface area contributed by atoms with Crippen LogP contribution in [0.25, 0.3) is 0 Å². The van der Waals surface area contributed by atoms with E-state index < -0.39 is 0 Å². The van der Waals surface area contributed by atoms with Crippen LogP contribution in [0.5, 0.6) is 0 Å². The Morgan fingerprint density at radius 3 is 2.33 bits per heavy atom. The number of methoxy groups -OCH3 is 1. The molecule has 0 spiro atoms. The van der Waals surface area contributed by atoms with Crippen LogP contribution in [0.15, 0.2) is 54.6 Å². The van der Waals surface area contributed by atoms with Crippen molar-refractivity contribution in [1.29, 1.82) is 0 Å². The molecule has 0 aliphatic rings. The first-order chi connectivity index (χ1) is 10.2. The molecule has 0 aliphatic carbocycles. The van der Waals surface area contributed by atoms with Gasteiger partial charge in [0.25, 0.3) is 0 Å². The fourth-order valence-corrected chi connectivity index (χ4v) is 2.32. The van der Waals surface area contributed by atoms with Crippen LogP contribution < -0.4 is 5.32 Å². The summed E-state index contributed by atoms with van der Waals surface area (Å²) >= 11 is 0. The standard InChI is InChI=1S/C18H21NO2/c1-3-7-17(14-8-5-4-6-9-14)19-16-12-10-15(11-13-16)18(20)21-2/h4-6,8-13,17,19H,3,7H2,1-2H3. The second-order valence-corrected chi connectivity index (χ2v) is 4.97. The lowest BCUT2D eigenvalue weighted by Crippen LogP contribution is -2.10. The third kappa shape index (κ3) is 4.09. The lowest BCUT2D eigenvalue weighted by atomic mass is 10.0. The predicted molar refractivity (Wildman–Crippen MR) is 85.5 cm³/mol. The van der Waals surface area contributed by atoms with E-state index in [0.29, 0.717) is 5.56 Å². The molecule has 0 fully saturated rings. The quantitative estimate of drug-likeness (QED) is 0.797. The van der Waals surface area contributed by atoms with Gasteiger partial charge in [-0.05, 0) is 36.2 Å². The normalized spacial score (nSPS) is 11.7. The van der Waals surface area contributed by atoms with Gasteiger partial charge in [0.05, 0.1) is 18.7 Å². The van der Waals surface area contributed by atoms with Gasteiger partial charge in [-0.2, -0.15) is 0 Å². The molecule has 0 saturated carbocycles. The summed E-state index contributed by atoms with van der Waals surface area (Å²) in [6, 6.07) is 18.1. The molecule has 1 N–H and O–H groups in total. The van der Waals surface area contributed by atoms with Gasteiger partial charge in [0.15, 0.2) is 0 Å². The SMILES string of the molecule is CCCC(Nc1ccc(C(=O)OC)cc1)c1ccccc1. The van der Waals surface area contributed by atoms with Crippen molar-refractivity contribution in [3.05, 3.63) is 65.7 Å². The Bertz CT molecular complexity index is 564. The molecule has 1 unspecified atom stereocenters. The minimum Gasteiger partial charge on any atom is -0.465 e. The lowest BCUT2D eigenvalue weighted by molar-refractivity contribution is 0.0601. The van der Waals surface area contributed by atoms with Gasteiger partial charge in [-0.3, -0.25) is 0 Å².